The monoisotopic (exact) mass is 406 g/mol. The lowest BCUT2D eigenvalue weighted by atomic mass is 9.80. The van der Waals surface area contributed by atoms with Crippen molar-refractivity contribution in [3.63, 3.8) is 0 Å². The standard InChI is InChI=1S/C17H19BrN4O3/c1-2-22-19-14(15(18)20-22)16(23)21-9-8-12(17(24)25)13(10-21)11-6-4-3-5-7-11/h3-7,12-13H,2,8-10H2,1H3,(H,24,25). The molecule has 1 fully saturated rings. The van der Waals surface area contributed by atoms with E-state index in [0.717, 1.165) is 5.56 Å². The molecule has 2 atom stereocenters. The van der Waals surface area contributed by atoms with Gasteiger partial charge in [0, 0.05) is 19.0 Å². The van der Waals surface area contributed by atoms with Crippen molar-refractivity contribution in [3.05, 3.63) is 46.2 Å². The first kappa shape index (κ1) is 17.6. The minimum atomic E-state index is -0.820. The fourth-order valence-electron chi connectivity index (χ4n) is 3.22. The highest BCUT2D eigenvalue weighted by molar-refractivity contribution is 9.10. The lowest BCUT2D eigenvalue weighted by molar-refractivity contribution is -0.144. The molecule has 0 radical (unpaired) electrons. The third kappa shape index (κ3) is 3.58. The van der Waals surface area contributed by atoms with Gasteiger partial charge in [0.05, 0.1) is 12.5 Å². The zero-order chi connectivity index (χ0) is 18.0. The van der Waals surface area contributed by atoms with Gasteiger partial charge in [0.15, 0.2) is 10.3 Å². The Morgan fingerprint density at radius 2 is 2.00 bits per heavy atom. The smallest absolute Gasteiger partial charge is 0.307 e. The molecule has 7 nitrogen and oxygen atoms in total. The Labute approximate surface area is 153 Å². The number of hydrogen-bond acceptors (Lipinski definition) is 4. The second kappa shape index (κ2) is 7.35. The van der Waals surface area contributed by atoms with E-state index in [4.69, 9.17) is 0 Å². The van der Waals surface area contributed by atoms with Gasteiger partial charge in [0.2, 0.25) is 0 Å². The number of piperidine rings is 1. The van der Waals surface area contributed by atoms with Crippen molar-refractivity contribution in [2.24, 2.45) is 5.92 Å². The fraction of sp³-hybridized carbons (Fsp3) is 0.412. The van der Waals surface area contributed by atoms with Crippen molar-refractivity contribution in [1.29, 1.82) is 0 Å². The molecule has 0 aliphatic carbocycles. The van der Waals surface area contributed by atoms with Crippen LogP contribution in [0.15, 0.2) is 34.9 Å². The Bertz CT molecular complexity index is 777. The van der Waals surface area contributed by atoms with Gasteiger partial charge in [-0.25, -0.2) is 0 Å². The summed E-state index contributed by atoms with van der Waals surface area (Å²) < 4.78 is 0.413. The van der Waals surface area contributed by atoms with Crippen molar-refractivity contribution in [2.75, 3.05) is 13.1 Å². The average molecular weight is 407 g/mol. The molecule has 25 heavy (non-hydrogen) atoms. The molecule has 1 aliphatic rings. The molecule has 0 bridgehead atoms. The second-order valence-electron chi connectivity index (χ2n) is 6.03. The van der Waals surface area contributed by atoms with E-state index in [0.29, 0.717) is 30.7 Å². The lowest BCUT2D eigenvalue weighted by Crippen LogP contribution is -2.45. The number of carboxylic acid groups (broad SMARTS) is 1. The molecule has 2 aromatic rings. The van der Waals surface area contributed by atoms with Gasteiger partial charge in [0.25, 0.3) is 5.91 Å². The molecule has 2 heterocycles. The van der Waals surface area contributed by atoms with Crippen LogP contribution in [0.3, 0.4) is 0 Å². The number of halogens is 1. The Kier molecular flexibility index (Phi) is 5.17. The van der Waals surface area contributed by atoms with Gasteiger partial charge in [0.1, 0.15) is 0 Å². The molecule has 1 aliphatic heterocycles. The summed E-state index contributed by atoms with van der Waals surface area (Å²) in [5.41, 5.74) is 1.20. The fourth-order valence-corrected chi connectivity index (χ4v) is 3.65. The third-order valence-electron chi connectivity index (χ3n) is 4.54. The maximum Gasteiger partial charge on any atom is 0.307 e. The van der Waals surface area contributed by atoms with Crippen molar-refractivity contribution in [3.8, 4) is 0 Å². The predicted molar refractivity (Wildman–Crippen MR) is 94.2 cm³/mol. The number of rotatable bonds is 4. The minimum Gasteiger partial charge on any atom is -0.481 e. The van der Waals surface area contributed by atoms with Gasteiger partial charge in [-0.05, 0) is 34.8 Å². The minimum absolute atomic E-state index is 0.226. The molecule has 1 aromatic heterocycles. The highest BCUT2D eigenvalue weighted by atomic mass is 79.9. The molecule has 0 spiro atoms. The molecule has 2 unspecified atom stereocenters. The number of benzene rings is 1. The Morgan fingerprint density at radius 3 is 2.60 bits per heavy atom. The van der Waals surface area contributed by atoms with Crippen LogP contribution in [0.2, 0.25) is 0 Å². The van der Waals surface area contributed by atoms with Crippen LogP contribution in [-0.4, -0.2) is 50.0 Å². The summed E-state index contributed by atoms with van der Waals surface area (Å²) in [5.74, 6) is -1.78. The van der Waals surface area contributed by atoms with Crippen molar-refractivity contribution < 1.29 is 14.7 Å². The normalized spacial score (nSPS) is 20.5. The van der Waals surface area contributed by atoms with Crippen LogP contribution in [0.5, 0.6) is 0 Å². The Balaban J connectivity index is 1.85. The topological polar surface area (TPSA) is 88.3 Å². The summed E-state index contributed by atoms with van der Waals surface area (Å²) in [6.07, 6.45) is 0.417. The van der Waals surface area contributed by atoms with E-state index in [1.807, 2.05) is 37.3 Å². The largest absolute Gasteiger partial charge is 0.481 e. The zero-order valence-corrected chi connectivity index (χ0v) is 15.4. The van der Waals surface area contributed by atoms with E-state index in [1.165, 1.54) is 4.80 Å². The second-order valence-corrected chi connectivity index (χ2v) is 6.78. The molecule has 1 aromatic carbocycles. The van der Waals surface area contributed by atoms with Gasteiger partial charge >= 0.3 is 5.97 Å². The van der Waals surface area contributed by atoms with Crippen molar-refractivity contribution in [2.45, 2.75) is 25.8 Å². The van der Waals surface area contributed by atoms with Crippen molar-refractivity contribution >= 4 is 27.8 Å². The van der Waals surface area contributed by atoms with Crippen molar-refractivity contribution in [1.82, 2.24) is 19.9 Å². The van der Waals surface area contributed by atoms with E-state index < -0.39 is 11.9 Å². The lowest BCUT2D eigenvalue weighted by Gasteiger charge is -2.36. The molecule has 3 rings (SSSR count). The van der Waals surface area contributed by atoms with Crippen LogP contribution in [0.4, 0.5) is 0 Å². The van der Waals surface area contributed by atoms with Crippen LogP contribution in [0.1, 0.15) is 35.3 Å². The number of hydrogen-bond donors (Lipinski definition) is 1. The molecule has 132 valence electrons. The highest BCUT2D eigenvalue weighted by Gasteiger charge is 2.37. The quantitative estimate of drug-likeness (QED) is 0.841. The van der Waals surface area contributed by atoms with Crippen LogP contribution < -0.4 is 0 Å². The van der Waals surface area contributed by atoms with Gasteiger partial charge in [-0.1, -0.05) is 30.3 Å². The van der Waals surface area contributed by atoms with Crippen LogP contribution in [-0.2, 0) is 11.3 Å². The summed E-state index contributed by atoms with van der Waals surface area (Å²) in [6.45, 7) is 3.21. The number of nitrogens with zero attached hydrogens (tertiary/aromatic N) is 4. The Hall–Kier alpha value is -2.22. The molecular weight excluding hydrogens is 388 g/mol. The number of aromatic nitrogens is 3. The third-order valence-corrected chi connectivity index (χ3v) is 5.08. The first-order chi connectivity index (χ1) is 12.0. The zero-order valence-electron chi connectivity index (χ0n) is 13.8. The van der Waals surface area contributed by atoms with Crippen LogP contribution in [0.25, 0.3) is 0 Å². The number of carbonyl (C=O) groups excluding carboxylic acids is 1. The average Bonchev–Trinajstić information content (AvgIpc) is 3.02. The van der Waals surface area contributed by atoms with E-state index in [1.54, 1.807) is 4.90 Å². The van der Waals surface area contributed by atoms with Gasteiger partial charge in [-0.15, -0.1) is 10.2 Å². The highest BCUT2D eigenvalue weighted by Crippen LogP contribution is 2.33. The maximum absolute atomic E-state index is 12.8. The van der Waals surface area contributed by atoms with E-state index in [-0.39, 0.29) is 17.5 Å². The molecule has 1 N–H and O–H groups in total. The summed E-state index contributed by atoms with van der Waals surface area (Å²) in [5, 5.41) is 17.9. The van der Waals surface area contributed by atoms with Gasteiger partial charge in [-0.2, -0.15) is 4.80 Å². The summed E-state index contributed by atoms with van der Waals surface area (Å²) in [6, 6.07) is 9.50. The predicted octanol–water partition coefficient (Wildman–Crippen LogP) is 2.39. The summed E-state index contributed by atoms with van der Waals surface area (Å²) in [4.78, 5) is 27.6. The Morgan fingerprint density at radius 1 is 1.28 bits per heavy atom. The van der Waals surface area contributed by atoms with E-state index >= 15 is 0 Å². The van der Waals surface area contributed by atoms with E-state index in [9.17, 15) is 14.7 Å². The molecule has 8 heteroatoms. The van der Waals surface area contributed by atoms with E-state index in [2.05, 4.69) is 26.1 Å². The maximum atomic E-state index is 12.8. The molecule has 1 amide bonds. The molecule has 1 saturated heterocycles. The summed E-state index contributed by atoms with van der Waals surface area (Å²) >= 11 is 3.28. The molecule has 0 saturated carbocycles. The number of amides is 1. The number of aliphatic carboxylic acids is 1. The first-order valence-corrected chi connectivity index (χ1v) is 8.98. The first-order valence-electron chi connectivity index (χ1n) is 8.19. The SMILES string of the molecule is CCn1nc(Br)c(C(=O)N2CCC(C(=O)O)C(c3ccccc3)C2)n1. The van der Waals surface area contributed by atoms with Gasteiger partial charge < -0.3 is 10.0 Å². The van der Waals surface area contributed by atoms with Crippen LogP contribution in [0, 0.1) is 5.92 Å². The van der Waals surface area contributed by atoms with Gasteiger partial charge in [-0.3, -0.25) is 9.59 Å². The number of likely N-dealkylation sites (tertiary alicyclic amines) is 1. The number of aryl methyl sites for hydroxylation is 1. The number of carboxylic acids is 1. The molecular formula is C17H19BrN4O3. The number of carbonyl (C=O) groups is 2. The summed E-state index contributed by atoms with van der Waals surface area (Å²) in [7, 11) is 0. The van der Waals surface area contributed by atoms with Crippen LogP contribution >= 0.6 is 15.9 Å².